The van der Waals surface area contributed by atoms with E-state index < -0.39 is 0 Å². The van der Waals surface area contributed by atoms with Crippen molar-refractivity contribution in [2.75, 3.05) is 0 Å². The summed E-state index contributed by atoms with van der Waals surface area (Å²) in [6, 6.07) is 0.490. The molecule has 0 aliphatic heterocycles. The van der Waals surface area contributed by atoms with E-state index in [-0.39, 0.29) is 0 Å². The van der Waals surface area contributed by atoms with Gasteiger partial charge in [-0.3, -0.25) is 4.68 Å². The van der Waals surface area contributed by atoms with Crippen LogP contribution in [-0.2, 0) is 13.1 Å². The maximum atomic E-state index is 4.64. The van der Waals surface area contributed by atoms with Gasteiger partial charge in [0.25, 0.3) is 0 Å². The van der Waals surface area contributed by atoms with Crippen LogP contribution in [0.15, 0.2) is 5.38 Å². The van der Waals surface area contributed by atoms with Crippen LogP contribution in [0.1, 0.15) is 41.5 Å². The maximum Gasteiger partial charge on any atom is 0.114 e. The molecule has 0 atom stereocenters. The summed E-state index contributed by atoms with van der Waals surface area (Å²) in [6.07, 6.45) is 0. The van der Waals surface area contributed by atoms with Crippen molar-refractivity contribution in [3.05, 3.63) is 33.0 Å². The zero-order valence-electron chi connectivity index (χ0n) is 12.3. The lowest BCUT2D eigenvalue weighted by Gasteiger charge is -2.08. The van der Waals surface area contributed by atoms with Crippen molar-refractivity contribution in [2.45, 2.75) is 53.8 Å². The minimum absolute atomic E-state index is 0.490. The van der Waals surface area contributed by atoms with Crippen molar-refractivity contribution in [3.8, 4) is 0 Å². The second kappa shape index (κ2) is 5.84. The highest BCUT2D eigenvalue weighted by atomic mass is 32.1. The largest absolute Gasteiger partial charge is 0.310 e. The van der Waals surface area contributed by atoms with Gasteiger partial charge in [0.1, 0.15) is 5.01 Å². The highest BCUT2D eigenvalue weighted by molar-refractivity contribution is 7.09. The number of hydrogen-bond donors (Lipinski definition) is 1. The summed E-state index contributed by atoms with van der Waals surface area (Å²) in [7, 11) is 0. The minimum Gasteiger partial charge on any atom is -0.310 e. The first-order valence-electron chi connectivity index (χ1n) is 6.64. The molecule has 0 aliphatic rings. The molecule has 5 heteroatoms. The van der Waals surface area contributed by atoms with Crippen molar-refractivity contribution < 1.29 is 0 Å². The minimum atomic E-state index is 0.490. The lowest BCUT2D eigenvalue weighted by Crippen LogP contribution is -2.22. The number of aromatic nitrogens is 3. The van der Waals surface area contributed by atoms with Crippen LogP contribution in [0.3, 0.4) is 0 Å². The van der Waals surface area contributed by atoms with Crippen LogP contribution >= 0.6 is 11.3 Å². The quantitative estimate of drug-likeness (QED) is 0.914. The van der Waals surface area contributed by atoms with E-state index in [9.17, 15) is 0 Å². The number of aryl methyl sites for hydroxylation is 2. The molecule has 0 bridgehead atoms. The molecule has 4 nitrogen and oxygen atoms in total. The molecular formula is C14H22N4S. The molecule has 104 valence electrons. The first-order valence-corrected chi connectivity index (χ1v) is 7.52. The number of nitrogens with one attached hydrogen (secondary N) is 1. The van der Waals surface area contributed by atoms with Gasteiger partial charge < -0.3 is 5.32 Å². The van der Waals surface area contributed by atoms with E-state index in [1.165, 1.54) is 11.3 Å². The van der Waals surface area contributed by atoms with E-state index >= 15 is 0 Å². The van der Waals surface area contributed by atoms with Crippen molar-refractivity contribution in [1.29, 1.82) is 0 Å². The summed E-state index contributed by atoms with van der Waals surface area (Å²) in [6.45, 7) is 12.2. The van der Waals surface area contributed by atoms with Gasteiger partial charge in [0.2, 0.25) is 0 Å². The third-order valence-corrected chi connectivity index (χ3v) is 4.12. The molecule has 19 heavy (non-hydrogen) atoms. The summed E-state index contributed by atoms with van der Waals surface area (Å²) >= 11 is 1.70. The Morgan fingerprint density at radius 2 is 2.05 bits per heavy atom. The highest BCUT2D eigenvalue weighted by Gasteiger charge is 2.12. The topological polar surface area (TPSA) is 42.7 Å². The highest BCUT2D eigenvalue weighted by Crippen LogP contribution is 2.16. The maximum absolute atomic E-state index is 4.64. The lowest BCUT2D eigenvalue weighted by atomic mass is 10.2. The molecule has 0 saturated carbocycles. The van der Waals surface area contributed by atoms with Crippen LogP contribution in [0.2, 0.25) is 0 Å². The van der Waals surface area contributed by atoms with Crippen LogP contribution < -0.4 is 5.32 Å². The average Bonchev–Trinajstić information content (AvgIpc) is 2.83. The Kier molecular flexibility index (Phi) is 4.37. The van der Waals surface area contributed by atoms with Gasteiger partial charge >= 0.3 is 0 Å². The van der Waals surface area contributed by atoms with E-state index in [1.54, 1.807) is 11.3 Å². The Morgan fingerprint density at radius 1 is 1.32 bits per heavy atom. The average molecular weight is 278 g/mol. The molecule has 0 spiro atoms. The van der Waals surface area contributed by atoms with Gasteiger partial charge in [-0.05, 0) is 20.8 Å². The molecular weight excluding hydrogens is 256 g/mol. The number of thiazole rings is 1. The first-order chi connectivity index (χ1) is 8.97. The molecule has 0 aromatic carbocycles. The van der Waals surface area contributed by atoms with Crippen molar-refractivity contribution >= 4 is 11.3 Å². The standard InChI is InChI=1S/C14H22N4S/c1-9(2)15-6-13-11(4)17-18(12(13)5)7-14-16-10(3)8-19-14/h8-9,15H,6-7H2,1-5H3. The fourth-order valence-corrected chi connectivity index (χ4v) is 2.81. The second-order valence-electron chi connectivity index (χ2n) is 5.23. The predicted octanol–water partition coefficient (Wildman–Crippen LogP) is 2.81. The van der Waals surface area contributed by atoms with Crippen LogP contribution in [0.5, 0.6) is 0 Å². The van der Waals surface area contributed by atoms with Gasteiger partial charge in [-0.15, -0.1) is 11.3 Å². The third kappa shape index (κ3) is 3.42. The van der Waals surface area contributed by atoms with E-state index in [2.05, 4.69) is 53.2 Å². The Balaban J connectivity index is 2.16. The van der Waals surface area contributed by atoms with Gasteiger partial charge in [0, 0.05) is 34.9 Å². The summed E-state index contributed by atoms with van der Waals surface area (Å²) in [5, 5.41) is 11.3. The van der Waals surface area contributed by atoms with Gasteiger partial charge in [0.15, 0.2) is 0 Å². The Labute approximate surface area is 118 Å². The predicted molar refractivity (Wildman–Crippen MR) is 79.6 cm³/mol. The fraction of sp³-hybridized carbons (Fsp3) is 0.571. The molecule has 0 saturated heterocycles. The molecule has 2 aromatic rings. The zero-order chi connectivity index (χ0) is 14.0. The summed E-state index contributed by atoms with van der Waals surface area (Å²) in [5.41, 5.74) is 4.74. The van der Waals surface area contributed by atoms with Crippen LogP contribution in [0, 0.1) is 20.8 Å². The molecule has 2 rings (SSSR count). The SMILES string of the molecule is Cc1csc(Cn2nc(C)c(CNC(C)C)c2C)n1. The van der Waals surface area contributed by atoms with Crippen LogP contribution in [0.4, 0.5) is 0 Å². The van der Waals surface area contributed by atoms with Gasteiger partial charge in [-0.25, -0.2) is 4.98 Å². The Bertz CT molecular complexity index is 554. The van der Waals surface area contributed by atoms with E-state index in [0.29, 0.717) is 6.04 Å². The van der Waals surface area contributed by atoms with Gasteiger partial charge in [-0.2, -0.15) is 5.10 Å². The molecule has 1 N–H and O–H groups in total. The zero-order valence-corrected chi connectivity index (χ0v) is 13.1. The second-order valence-corrected chi connectivity index (χ2v) is 6.17. The molecule has 2 heterocycles. The number of rotatable bonds is 5. The lowest BCUT2D eigenvalue weighted by molar-refractivity contribution is 0.584. The molecule has 0 radical (unpaired) electrons. The molecule has 0 unspecified atom stereocenters. The molecule has 2 aromatic heterocycles. The Hall–Kier alpha value is -1.20. The van der Waals surface area contributed by atoms with Gasteiger partial charge in [0.05, 0.1) is 12.2 Å². The van der Waals surface area contributed by atoms with E-state index in [1.807, 2.05) is 6.92 Å². The molecule has 0 amide bonds. The van der Waals surface area contributed by atoms with E-state index in [4.69, 9.17) is 0 Å². The first kappa shape index (κ1) is 14.2. The van der Waals surface area contributed by atoms with Crippen molar-refractivity contribution in [1.82, 2.24) is 20.1 Å². The number of hydrogen-bond acceptors (Lipinski definition) is 4. The Morgan fingerprint density at radius 3 is 2.63 bits per heavy atom. The third-order valence-electron chi connectivity index (χ3n) is 3.17. The van der Waals surface area contributed by atoms with Crippen molar-refractivity contribution in [3.63, 3.8) is 0 Å². The van der Waals surface area contributed by atoms with Gasteiger partial charge in [-0.1, -0.05) is 13.8 Å². The summed E-state index contributed by atoms with van der Waals surface area (Å²) in [5.74, 6) is 0. The smallest absolute Gasteiger partial charge is 0.114 e. The fourth-order valence-electron chi connectivity index (χ4n) is 2.05. The summed E-state index contributed by atoms with van der Waals surface area (Å²) < 4.78 is 2.06. The van der Waals surface area contributed by atoms with Crippen molar-refractivity contribution in [2.24, 2.45) is 0 Å². The van der Waals surface area contributed by atoms with E-state index in [0.717, 1.165) is 29.5 Å². The normalized spacial score (nSPS) is 11.5. The monoisotopic (exact) mass is 278 g/mol. The molecule has 0 aliphatic carbocycles. The molecule has 0 fully saturated rings. The van der Waals surface area contributed by atoms with Crippen LogP contribution in [-0.4, -0.2) is 20.8 Å². The van der Waals surface area contributed by atoms with Crippen LogP contribution in [0.25, 0.3) is 0 Å². The number of nitrogens with zero attached hydrogens (tertiary/aromatic N) is 3. The summed E-state index contributed by atoms with van der Waals surface area (Å²) in [4.78, 5) is 4.50.